The first-order chi connectivity index (χ1) is 9.79. The number of hydrogen-bond acceptors (Lipinski definition) is 5. The number of methoxy groups -OCH3 is 1. The minimum atomic E-state index is -0.318. The first-order valence-corrected chi connectivity index (χ1v) is 6.80. The molecule has 3 rings (SSSR count). The number of benzene rings is 1. The van der Waals surface area contributed by atoms with E-state index in [2.05, 4.69) is 10.2 Å². The van der Waals surface area contributed by atoms with E-state index < -0.39 is 0 Å². The monoisotopic (exact) mass is 274 g/mol. The highest BCUT2D eigenvalue weighted by Gasteiger charge is 2.15. The maximum atomic E-state index is 12.0. The second-order valence-electron chi connectivity index (χ2n) is 4.92. The number of ether oxygens (including phenoxy) is 1. The average Bonchev–Trinajstić information content (AvgIpc) is 2.49. The van der Waals surface area contributed by atoms with Crippen LogP contribution in [0.2, 0.25) is 0 Å². The molecule has 1 aliphatic rings. The Morgan fingerprint density at radius 3 is 2.90 bits per heavy atom. The van der Waals surface area contributed by atoms with Gasteiger partial charge in [-0.2, -0.15) is 0 Å². The fraction of sp³-hybridized carbons (Fsp3) is 0.400. The van der Waals surface area contributed by atoms with E-state index in [1.54, 1.807) is 7.11 Å². The molecular weight excluding hydrogens is 256 g/mol. The molecule has 0 unspecified atom stereocenters. The minimum absolute atomic E-state index is 0.274. The topological polar surface area (TPSA) is 54.7 Å². The molecule has 0 atom stereocenters. The molecule has 1 N–H and O–H groups in total. The van der Waals surface area contributed by atoms with E-state index in [1.807, 2.05) is 24.3 Å². The van der Waals surface area contributed by atoms with Gasteiger partial charge in [0.05, 0.1) is 17.9 Å². The number of rotatable bonds is 3. The highest BCUT2D eigenvalue weighted by atomic mass is 16.5. The van der Waals surface area contributed by atoms with Gasteiger partial charge in [0.1, 0.15) is 0 Å². The summed E-state index contributed by atoms with van der Waals surface area (Å²) in [6.45, 7) is 4.01. The number of nitrogens with one attached hydrogen (secondary N) is 1. The maximum absolute atomic E-state index is 12.0. The number of para-hydroxylation sites is 1. The summed E-state index contributed by atoms with van der Waals surface area (Å²) in [7, 11) is 1.57. The first kappa shape index (κ1) is 13.1. The smallest absolute Gasteiger partial charge is 0.341 e. The Hall–Kier alpha value is -1.85. The second kappa shape index (κ2) is 5.64. The molecule has 5 heteroatoms. The zero-order valence-electron chi connectivity index (χ0n) is 11.5. The molecule has 0 aliphatic carbocycles. The van der Waals surface area contributed by atoms with Crippen molar-refractivity contribution in [2.24, 2.45) is 0 Å². The summed E-state index contributed by atoms with van der Waals surface area (Å²) in [6.07, 6.45) is 0. The van der Waals surface area contributed by atoms with Crippen LogP contribution in [0.25, 0.3) is 11.0 Å². The first-order valence-electron chi connectivity index (χ1n) is 6.80. The molecule has 2 aromatic rings. The Labute approximate surface area is 117 Å². The van der Waals surface area contributed by atoms with E-state index in [1.165, 1.54) is 0 Å². The van der Waals surface area contributed by atoms with Gasteiger partial charge in [-0.25, -0.2) is 4.79 Å². The molecule has 0 amide bonds. The lowest BCUT2D eigenvalue weighted by atomic mass is 10.1. The summed E-state index contributed by atoms with van der Waals surface area (Å²) >= 11 is 0. The van der Waals surface area contributed by atoms with Crippen LogP contribution in [-0.2, 0) is 11.3 Å². The van der Waals surface area contributed by atoms with Crippen LogP contribution in [0.1, 0.15) is 5.56 Å². The summed E-state index contributed by atoms with van der Waals surface area (Å²) < 4.78 is 10.6. The van der Waals surface area contributed by atoms with Gasteiger partial charge in [0.15, 0.2) is 5.58 Å². The zero-order chi connectivity index (χ0) is 13.9. The number of nitrogens with zero attached hydrogens (tertiary/aromatic N) is 1. The Kier molecular flexibility index (Phi) is 3.71. The van der Waals surface area contributed by atoms with Gasteiger partial charge in [0.2, 0.25) is 0 Å². The second-order valence-corrected chi connectivity index (χ2v) is 4.92. The molecule has 20 heavy (non-hydrogen) atoms. The van der Waals surface area contributed by atoms with Crippen molar-refractivity contribution < 1.29 is 9.15 Å². The predicted octanol–water partition coefficient (Wildman–Crippen LogP) is 1.35. The molecule has 0 spiro atoms. The van der Waals surface area contributed by atoms with Crippen molar-refractivity contribution in [1.82, 2.24) is 5.32 Å². The van der Waals surface area contributed by atoms with Crippen LogP contribution in [0.5, 0.6) is 0 Å². The van der Waals surface area contributed by atoms with Gasteiger partial charge < -0.3 is 19.4 Å². The van der Waals surface area contributed by atoms with Crippen LogP contribution in [0.3, 0.4) is 0 Å². The highest BCUT2D eigenvalue weighted by Crippen LogP contribution is 2.26. The van der Waals surface area contributed by atoms with Crippen LogP contribution in [0, 0.1) is 0 Å². The molecule has 2 heterocycles. The summed E-state index contributed by atoms with van der Waals surface area (Å²) in [6, 6.07) is 7.82. The van der Waals surface area contributed by atoms with Crippen LogP contribution in [0.4, 0.5) is 5.69 Å². The molecule has 1 saturated heterocycles. The Morgan fingerprint density at radius 2 is 2.15 bits per heavy atom. The van der Waals surface area contributed by atoms with Gasteiger partial charge in [0.25, 0.3) is 0 Å². The Bertz CT molecular complexity index is 660. The minimum Gasteiger partial charge on any atom is -0.420 e. The molecule has 1 aromatic carbocycles. The third kappa shape index (κ3) is 2.42. The Morgan fingerprint density at radius 1 is 1.35 bits per heavy atom. The summed E-state index contributed by atoms with van der Waals surface area (Å²) in [4.78, 5) is 14.2. The Balaban J connectivity index is 2.09. The number of hydrogen-bond donors (Lipinski definition) is 1. The third-order valence-electron chi connectivity index (χ3n) is 3.57. The van der Waals surface area contributed by atoms with Gasteiger partial charge in [-0.15, -0.1) is 0 Å². The normalized spacial score (nSPS) is 15.8. The van der Waals surface area contributed by atoms with E-state index in [9.17, 15) is 4.79 Å². The van der Waals surface area contributed by atoms with Gasteiger partial charge in [-0.3, -0.25) is 0 Å². The van der Waals surface area contributed by atoms with Crippen LogP contribution < -0.4 is 15.8 Å². The average molecular weight is 274 g/mol. The predicted molar refractivity (Wildman–Crippen MR) is 78.3 cm³/mol. The lowest BCUT2D eigenvalue weighted by Crippen LogP contribution is -2.43. The lowest BCUT2D eigenvalue weighted by Gasteiger charge is -2.29. The molecule has 106 valence electrons. The van der Waals surface area contributed by atoms with Crippen LogP contribution in [-0.4, -0.2) is 33.3 Å². The van der Waals surface area contributed by atoms with Crippen LogP contribution in [0.15, 0.2) is 33.5 Å². The largest absolute Gasteiger partial charge is 0.420 e. The lowest BCUT2D eigenvalue weighted by molar-refractivity contribution is 0.182. The molecule has 0 bridgehead atoms. The van der Waals surface area contributed by atoms with Gasteiger partial charge in [0, 0.05) is 38.7 Å². The molecule has 0 saturated carbocycles. The number of piperazine rings is 1. The van der Waals surface area contributed by atoms with Gasteiger partial charge in [-0.1, -0.05) is 12.1 Å². The summed E-state index contributed by atoms with van der Waals surface area (Å²) in [5.41, 5.74) is 1.89. The molecule has 1 fully saturated rings. The third-order valence-corrected chi connectivity index (χ3v) is 3.57. The van der Waals surface area contributed by atoms with Crippen LogP contribution >= 0.6 is 0 Å². The molecular formula is C15H18N2O3. The van der Waals surface area contributed by atoms with Crippen molar-refractivity contribution in [2.75, 3.05) is 38.2 Å². The van der Waals surface area contributed by atoms with Gasteiger partial charge in [-0.05, 0) is 12.1 Å². The molecule has 0 radical (unpaired) electrons. The standard InChI is InChI=1S/C15H18N2O3/c1-19-10-12-9-11-3-2-4-13(14(11)20-15(12)18)17-7-5-16-6-8-17/h2-4,9,16H,5-8,10H2,1H3. The SMILES string of the molecule is COCc1cc2cccc(N3CCNCC3)c2oc1=O. The quantitative estimate of drug-likeness (QED) is 0.856. The number of fused-ring (bicyclic) bond motifs is 1. The van der Waals surface area contributed by atoms with Gasteiger partial charge >= 0.3 is 5.63 Å². The fourth-order valence-corrected chi connectivity index (χ4v) is 2.58. The van der Waals surface area contributed by atoms with Crippen molar-refractivity contribution in [2.45, 2.75) is 6.61 Å². The molecule has 1 aromatic heterocycles. The summed E-state index contributed by atoms with van der Waals surface area (Å²) in [5.74, 6) is 0. The highest BCUT2D eigenvalue weighted by molar-refractivity contribution is 5.89. The fourth-order valence-electron chi connectivity index (χ4n) is 2.58. The van der Waals surface area contributed by atoms with Crippen molar-refractivity contribution in [1.29, 1.82) is 0 Å². The number of anilines is 1. The van der Waals surface area contributed by atoms with Crippen molar-refractivity contribution in [3.63, 3.8) is 0 Å². The van der Waals surface area contributed by atoms with E-state index in [0.29, 0.717) is 11.1 Å². The maximum Gasteiger partial charge on any atom is 0.341 e. The molecule has 5 nitrogen and oxygen atoms in total. The summed E-state index contributed by atoms with van der Waals surface area (Å²) in [5, 5.41) is 4.26. The van der Waals surface area contributed by atoms with Crippen molar-refractivity contribution >= 4 is 16.7 Å². The van der Waals surface area contributed by atoms with E-state index >= 15 is 0 Å². The zero-order valence-corrected chi connectivity index (χ0v) is 11.5. The van der Waals surface area contributed by atoms with E-state index in [-0.39, 0.29) is 12.2 Å². The molecule has 1 aliphatic heterocycles. The van der Waals surface area contributed by atoms with E-state index in [4.69, 9.17) is 9.15 Å². The van der Waals surface area contributed by atoms with E-state index in [0.717, 1.165) is 37.3 Å². The van der Waals surface area contributed by atoms with Crippen molar-refractivity contribution in [3.05, 3.63) is 40.2 Å². The van der Waals surface area contributed by atoms with Crippen molar-refractivity contribution in [3.8, 4) is 0 Å².